The van der Waals surface area contributed by atoms with Crippen molar-refractivity contribution in [3.63, 3.8) is 0 Å². The van der Waals surface area contributed by atoms with Gasteiger partial charge in [-0.05, 0) is 12.6 Å². The molecule has 0 heterocycles. The number of hydrogen-bond donors (Lipinski definition) is 0. The Kier molecular flexibility index (Phi) is 4.63. The zero-order valence-electron chi connectivity index (χ0n) is 6.76. The van der Waals surface area contributed by atoms with Gasteiger partial charge in [0.1, 0.15) is 0 Å². The van der Waals surface area contributed by atoms with Crippen LogP contribution in [-0.2, 0) is 4.79 Å². The molecule has 0 aliphatic carbocycles. The maximum absolute atomic E-state index is 11.0. The van der Waals surface area contributed by atoms with E-state index in [1.807, 2.05) is 0 Å². The molecular formula is C8H15NO. The van der Waals surface area contributed by atoms with Gasteiger partial charge in [0, 0.05) is 13.5 Å². The predicted molar refractivity (Wildman–Crippen MR) is 42.5 cm³/mol. The van der Waals surface area contributed by atoms with E-state index in [2.05, 4.69) is 13.5 Å². The van der Waals surface area contributed by atoms with Crippen LogP contribution >= 0.6 is 0 Å². The second kappa shape index (κ2) is 5.03. The van der Waals surface area contributed by atoms with Gasteiger partial charge in [0.25, 0.3) is 0 Å². The predicted octanol–water partition coefficient (Wildman–Crippen LogP) is 1.78. The fourth-order valence-corrected chi connectivity index (χ4v) is 0.606. The van der Waals surface area contributed by atoms with Crippen LogP contribution in [0.1, 0.15) is 26.2 Å². The minimum atomic E-state index is 0.150. The van der Waals surface area contributed by atoms with Crippen molar-refractivity contribution in [3.8, 4) is 0 Å². The van der Waals surface area contributed by atoms with Gasteiger partial charge >= 0.3 is 0 Å². The zero-order chi connectivity index (χ0) is 7.98. The van der Waals surface area contributed by atoms with E-state index in [9.17, 15) is 4.79 Å². The van der Waals surface area contributed by atoms with Crippen LogP contribution in [0, 0.1) is 0 Å². The summed E-state index contributed by atoms with van der Waals surface area (Å²) in [6.07, 6.45) is 4.21. The van der Waals surface area contributed by atoms with Gasteiger partial charge < -0.3 is 4.90 Å². The molecule has 0 fully saturated rings. The van der Waals surface area contributed by atoms with Crippen molar-refractivity contribution in [1.82, 2.24) is 4.90 Å². The molecule has 0 atom stereocenters. The molecule has 0 aromatic heterocycles. The van der Waals surface area contributed by atoms with E-state index in [-0.39, 0.29) is 5.91 Å². The molecule has 2 nitrogen and oxygen atoms in total. The molecule has 0 aliphatic heterocycles. The average molecular weight is 141 g/mol. The zero-order valence-corrected chi connectivity index (χ0v) is 6.76. The maximum Gasteiger partial charge on any atom is 0.226 e. The number of hydrogen-bond acceptors (Lipinski definition) is 1. The Hall–Kier alpha value is -0.790. The smallest absolute Gasteiger partial charge is 0.226 e. The van der Waals surface area contributed by atoms with Gasteiger partial charge in [0.05, 0.1) is 0 Å². The molecule has 2 heteroatoms. The summed E-state index contributed by atoms with van der Waals surface area (Å²) in [6, 6.07) is 0. The average Bonchev–Trinajstić information content (AvgIpc) is 1.98. The fourth-order valence-electron chi connectivity index (χ4n) is 0.606. The molecule has 0 unspecified atom stereocenters. The Morgan fingerprint density at radius 2 is 2.30 bits per heavy atom. The van der Waals surface area contributed by atoms with E-state index in [0.717, 1.165) is 12.8 Å². The van der Waals surface area contributed by atoms with Gasteiger partial charge in [-0.1, -0.05) is 19.9 Å². The summed E-state index contributed by atoms with van der Waals surface area (Å²) in [6.45, 7) is 5.57. The lowest BCUT2D eigenvalue weighted by molar-refractivity contribution is -0.127. The summed E-state index contributed by atoms with van der Waals surface area (Å²) < 4.78 is 0. The first-order valence-electron chi connectivity index (χ1n) is 3.60. The molecule has 0 aromatic rings. The first-order valence-corrected chi connectivity index (χ1v) is 3.60. The molecular weight excluding hydrogens is 126 g/mol. The molecule has 0 N–H and O–H groups in total. The SMILES string of the molecule is C=CN(C)C(=O)CCCC. The Balaban J connectivity index is 3.51. The van der Waals surface area contributed by atoms with Crippen LogP contribution in [0.4, 0.5) is 0 Å². The van der Waals surface area contributed by atoms with Gasteiger partial charge in [-0.15, -0.1) is 0 Å². The third-order valence-corrected chi connectivity index (χ3v) is 1.41. The highest BCUT2D eigenvalue weighted by Gasteiger charge is 2.02. The highest BCUT2D eigenvalue weighted by molar-refractivity contribution is 5.76. The van der Waals surface area contributed by atoms with Crippen molar-refractivity contribution in [2.45, 2.75) is 26.2 Å². The van der Waals surface area contributed by atoms with Crippen LogP contribution in [-0.4, -0.2) is 17.9 Å². The van der Waals surface area contributed by atoms with E-state index in [1.165, 1.54) is 11.1 Å². The van der Waals surface area contributed by atoms with Gasteiger partial charge in [-0.25, -0.2) is 0 Å². The maximum atomic E-state index is 11.0. The van der Waals surface area contributed by atoms with Crippen molar-refractivity contribution < 1.29 is 4.79 Å². The van der Waals surface area contributed by atoms with Crippen molar-refractivity contribution in [1.29, 1.82) is 0 Å². The van der Waals surface area contributed by atoms with Crippen LogP contribution in [0.25, 0.3) is 0 Å². The van der Waals surface area contributed by atoms with E-state index in [0.29, 0.717) is 6.42 Å². The standard InChI is InChI=1S/C8H15NO/c1-4-6-7-8(10)9(3)5-2/h5H,2,4,6-7H2,1,3H3. The van der Waals surface area contributed by atoms with Crippen LogP contribution < -0.4 is 0 Å². The Labute approximate surface area is 62.5 Å². The lowest BCUT2D eigenvalue weighted by atomic mass is 10.2. The number of unbranched alkanes of at least 4 members (excludes halogenated alkanes) is 1. The highest BCUT2D eigenvalue weighted by atomic mass is 16.2. The number of rotatable bonds is 4. The van der Waals surface area contributed by atoms with E-state index in [1.54, 1.807) is 7.05 Å². The van der Waals surface area contributed by atoms with Gasteiger partial charge in [-0.2, -0.15) is 0 Å². The largest absolute Gasteiger partial charge is 0.323 e. The molecule has 0 saturated heterocycles. The topological polar surface area (TPSA) is 20.3 Å². The van der Waals surface area contributed by atoms with Crippen LogP contribution in [0.2, 0.25) is 0 Å². The molecule has 0 aliphatic rings. The van der Waals surface area contributed by atoms with Crippen LogP contribution in [0.3, 0.4) is 0 Å². The molecule has 0 radical (unpaired) electrons. The summed E-state index contributed by atoms with van der Waals surface area (Å²) in [5.74, 6) is 0.150. The molecule has 0 spiro atoms. The summed E-state index contributed by atoms with van der Waals surface area (Å²) >= 11 is 0. The van der Waals surface area contributed by atoms with Crippen molar-refractivity contribution in [3.05, 3.63) is 12.8 Å². The second-order valence-electron chi connectivity index (χ2n) is 2.29. The van der Waals surface area contributed by atoms with E-state index >= 15 is 0 Å². The number of carbonyl (C=O) groups is 1. The lowest BCUT2D eigenvalue weighted by Crippen LogP contribution is -2.19. The summed E-state index contributed by atoms with van der Waals surface area (Å²) in [5.41, 5.74) is 0. The number of amides is 1. The highest BCUT2D eigenvalue weighted by Crippen LogP contribution is 1.97. The monoisotopic (exact) mass is 141 g/mol. The summed E-state index contributed by atoms with van der Waals surface area (Å²) in [5, 5.41) is 0. The third kappa shape index (κ3) is 3.28. The summed E-state index contributed by atoms with van der Waals surface area (Å²) in [4.78, 5) is 12.5. The summed E-state index contributed by atoms with van der Waals surface area (Å²) in [7, 11) is 1.73. The number of carbonyl (C=O) groups excluding carboxylic acids is 1. The van der Waals surface area contributed by atoms with Crippen molar-refractivity contribution in [2.75, 3.05) is 7.05 Å². The molecule has 10 heavy (non-hydrogen) atoms. The van der Waals surface area contributed by atoms with E-state index < -0.39 is 0 Å². The quantitative estimate of drug-likeness (QED) is 0.584. The Morgan fingerprint density at radius 1 is 1.70 bits per heavy atom. The van der Waals surface area contributed by atoms with Crippen LogP contribution in [0.15, 0.2) is 12.8 Å². The Morgan fingerprint density at radius 3 is 2.70 bits per heavy atom. The number of nitrogens with zero attached hydrogens (tertiary/aromatic N) is 1. The Bertz CT molecular complexity index is 120. The van der Waals surface area contributed by atoms with Crippen LogP contribution in [0.5, 0.6) is 0 Å². The minimum Gasteiger partial charge on any atom is -0.323 e. The molecule has 1 amide bonds. The molecule has 58 valence electrons. The van der Waals surface area contributed by atoms with Gasteiger partial charge in [-0.3, -0.25) is 4.79 Å². The minimum absolute atomic E-state index is 0.150. The van der Waals surface area contributed by atoms with Gasteiger partial charge in [0.15, 0.2) is 0 Å². The third-order valence-electron chi connectivity index (χ3n) is 1.41. The lowest BCUT2D eigenvalue weighted by Gasteiger charge is -2.09. The molecule has 0 saturated carbocycles. The molecule has 0 rings (SSSR count). The van der Waals surface area contributed by atoms with E-state index in [4.69, 9.17) is 0 Å². The second-order valence-corrected chi connectivity index (χ2v) is 2.29. The van der Waals surface area contributed by atoms with Gasteiger partial charge in [0.2, 0.25) is 5.91 Å². The first-order chi connectivity index (χ1) is 4.72. The molecule has 0 bridgehead atoms. The fraction of sp³-hybridized carbons (Fsp3) is 0.625. The van der Waals surface area contributed by atoms with Crippen molar-refractivity contribution in [2.24, 2.45) is 0 Å². The normalized spacial score (nSPS) is 9.00. The molecule has 0 aromatic carbocycles. The first kappa shape index (κ1) is 9.21. The van der Waals surface area contributed by atoms with Crippen molar-refractivity contribution >= 4 is 5.91 Å².